The van der Waals surface area contributed by atoms with Crippen LogP contribution in [0.1, 0.15) is 34.1 Å². The number of hydrogen-bond donors (Lipinski definition) is 1. The van der Waals surface area contributed by atoms with E-state index in [0.29, 0.717) is 16.9 Å². The lowest BCUT2D eigenvalue weighted by Gasteiger charge is -2.35. The van der Waals surface area contributed by atoms with Crippen molar-refractivity contribution in [3.8, 4) is 5.82 Å². The maximum Gasteiger partial charge on any atom is 0.417 e. The van der Waals surface area contributed by atoms with E-state index in [1.54, 1.807) is 6.92 Å². The van der Waals surface area contributed by atoms with E-state index >= 15 is 0 Å². The minimum atomic E-state index is -4.47. The van der Waals surface area contributed by atoms with Crippen LogP contribution in [0.4, 0.5) is 24.5 Å². The molecule has 34 heavy (non-hydrogen) atoms. The van der Waals surface area contributed by atoms with Gasteiger partial charge in [0.25, 0.3) is 5.91 Å². The molecule has 1 aliphatic rings. The van der Waals surface area contributed by atoms with Crippen molar-refractivity contribution in [2.45, 2.75) is 26.9 Å². The molecule has 1 aliphatic heterocycles. The summed E-state index contributed by atoms with van der Waals surface area (Å²) in [5.74, 6) is -0.142. The van der Waals surface area contributed by atoms with Gasteiger partial charge < -0.3 is 15.1 Å². The summed E-state index contributed by atoms with van der Waals surface area (Å²) in [6, 6.07) is 8.14. The van der Waals surface area contributed by atoms with Crippen LogP contribution < -0.4 is 10.2 Å². The number of carbonyl (C=O) groups excluding carboxylic acids is 1. The normalized spacial score (nSPS) is 14.9. The first-order valence-electron chi connectivity index (χ1n) is 11.1. The molecule has 1 N–H and O–H groups in total. The van der Waals surface area contributed by atoms with Crippen molar-refractivity contribution in [3.05, 3.63) is 65.1 Å². The van der Waals surface area contributed by atoms with E-state index in [-0.39, 0.29) is 11.7 Å². The van der Waals surface area contributed by atoms with Gasteiger partial charge in [0.15, 0.2) is 5.82 Å². The van der Waals surface area contributed by atoms with Crippen molar-refractivity contribution in [3.63, 3.8) is 0 Å². The Bertz CT molecular complexity index is 1160. The number of aromatic nitrogens is 3. The number of likely N-dealkylation sites (N-methyl/N-ethyl adjacent to an activating group) is 1. The van der Waals surface area contributed by atoms with Gasteiger partial charge in [0, 0.05) is 43.8 Å². The summed E-state index contributed by atoms with van der Waals surface area (Å²) < 4.78 is 39.7. The Balaban J connectivity index is 1.47. The highest BCUT2D eigenvalue weighted by Gasteiger charge is 2.31. The minimum Gasteiger partial charge on any atom is -0.369 e. The molecule has 3 heterocycles. The lowest BCUT2D eigenvalue weighted by atomic mass is 10.1. The summed E-state index contributed by atoms with van der Waals surface area (Å²) in [5, 5.41) is 7.07. The van der Waals surface area contributed by atoms with Gasteiger partial charge in [-0.25, -0.2) is 9.67 Å². The molecule has 0 spiro atoms. The van der Waals surface area contributed by atoms with Gasteiger partial charge in [0.1, 0.15) is 0 Å². The Kier molecular flexibility index (Phi) is 6.60. The van der Waals surface area contributed by atoms with E-state index in [1.165, 1.54) is 16.9 Å². The summed E-state index contributed by atoms with van der Waals surface area (Å²) in [5.41, 5.74) is 2.72. The monoisotopic (exact) mass is 472 g/mol. The number of anilines is 2. The third kappa shape index (κ3) is 4.91. The van der Waals surface area contributed by atoms with Crippen molar-refractivity contribution in [1.82, 2.24) is 19.7 Å². The van der Waals surface area contributed by atoms with Gasteiger partial charge in [0.05, 0.1) is 23.0 Å². The number of piperazine rings is 1. The summed E-state index contributed by atoms with van der Waals surface area (Å²) in [6.07, 6.45) is -2.32. The molecular weight excluding hydrogens is 445 g/mol. The number of nitrogens with one attached hydrogen (secondary N) is 1. The average Bonchev–Trinajstić information content (AvgIpc) is 3.21. The molecule has 1 fully saturated rings. The molecular formula is C24H27F3N6O. The minimum absolute atomic E-state index is 0.202. The number of aryl methyl sites for hydroxylation is 1. The van der Waals surface area contributed by atoms with E-state index in [2.05, 4.69) is 38.2 Å². The molecule has 0 saturated carbocycles. The second kappa shape index (κ2) is 9.46. The Morgan fingerprint density at radius 3 is 2.38 bits per heavy atom. The smallest absolute Gasteiger partial charge is 0.369 e. The fourth-order valence-corrected chi connectivity index (χ4v) is 4.04. The first-order valence-corrected chi connectivity index (χ1v) is 11.1. The van der Waals surface area contributed by atoms with Gasteiger partial charge in [-0.15, -0.1) is 0 Å². The molecule has 3 aromatic rings. The van der Waals surface area contributed by atoms with Gasteiger partial charge >= 0.3 is 6.18 Å². The molecule has 1 amide bonds. The zero-order chi connectivity index (χ0) is 24.5. The van der Waals surface area contributed by atoms with E-state index < -0.39 is 11.7 Å². The standard InChI is InChI=1S/C24H27F3N6O/c1-4-31-9-11-32(12-10-31)19-6-7-21(16(2)13-19)30-23(34)20-15-29-33(17(20)3)22-8-5-18(14-28-22)24(25,26)27/h5-8,13-15H,4,9-12H2,1-3H3,(H,30,34). The maximum absolute atomic E-state index is 12.9. The van der Waals surface area contributed by atoms with Crippen LogP contribution in [0.2, 0.25) is 0 Å². The second-order valence-corrected chi connectivity index (χ2v) is 8.33. The second-order valence-electron chi connectivity index (χ2n) is 8.33. The van der Waals surface area contributed by atoms with E-state index in [0.717, 1.165) is 56.2 Å². The molecule has 0 atom stereocenters. The molecule has 180 valence electrons. The quantitative estimate of drug-likeness (QED) is 0.600. The molecule has 2 aromatic heterocycles. The van der Waals surface area contributed by atoms with Crippen LogP contribution in [0, 0.1) is 13.8 Å². The number of nitrogens with zero attached hydrogens (tertiary/aromatic N) is 5. The topological polar surface area (TPSA) is 66.3 Å². The third-order valence-electron chi connectivity index (χ3n) is 6.19. The lowest BCUT2D eigenvalue weighted by molar-refractivity contribution is -0.137. The van der Waals surface area contributed by atoms with E-state index in [9.17, 15) is 18.0 Å². The molecule has 0 bridgehead atoms. The van der Waals surface area contributed by atoms with Gasteiger partial charge in [-0.1, -0.05) is 6.92 Å². The SMILES string of the molecule is CCN1CCN(c2ccc(NC(=O)c3cnn(-c4ccc(C(F)(F)F)cn4)c3C)c(C)c2)CC1. The summed E-state index contributed by atoms with van der Waals surface area (Å²) in [6.45, 7) is 10.9. The Morgan fingerprint density at radius 2 is 1.79 bits per heavy atom. The number of alkyl halides is 3. The first-order chi connectivity index (χ1) is 16.2. The van der Waals surface area contributed by atoms with Gasteiger partial charge in [-0.2, -0.15) is 18.3 Å². The average molecular weight is 473 g/mol. The number of benzene rings is 1. The molecule has 10 heteroatoms. The Morgan fingerprint density at radius 1 is 1.06 bits per heavy atom. The van der Waals surface area contributed by atoms with Crippen LogP contribution in [-0.4, -0.2) is 58.3 Å². The van der Waals surface area contributed by atoms with Crippen LogP contribution in [-0.2, 0) is 6.18 Å². The summed E-state index contributed by atoms with van der Waals surface area (Å²) >= 11 is 0. The highest BCUT2D eigenvalue weighted by molar-refractivity contribution is 6.05. The summed E-state index contributed by atoms with van der Waals surface area (Å²) in [7, 11) is 0. The molecule has 0 unspecified atom stereocenters. The molecule has 7 nitrogen and oxygen atoms in total. The largest absolute Gasteiger partial charge is 0.417 e. The van der Waals surface area contributed by atoms with Crippen molar-refractivity contribution in [2.75, 3.05) is 42.9 Å². The van der Waals surface area contributed by atoms with Gasteiger partial charge in [-0.05, 0) is 56.3 Å². The summed E-state index contributed by atoms with van der Waals surface area (Å²) in [4.78, 5) is 21.5. The number of halogens is 3. The van der Waals surface area contributed by atoms with E-state index in [4.69, 9.17) is 0 Å². The number of pyridine rings is 1. The first kappa shape index (κ1) is 23.7. The van der Waals surface area contributed by atoms with Crippen molar-refractivity contribution < 1.29 is 18.0 Å². The zero-order valence-corrected chi connectivity index (χ0v) is 19.4. The Hall–Kier alpha value is -3.40. The van der Waals surface area contributed by atoms with Crippen LogP contribution in [0.5, 0.6) is 0 Å². The fourth-order valence-electron chi connectivity index (χ4n) is 4.04. The van der Waals surface area contributed by atoms with Crippen LogP contribution >= 0.6 is 0 Å². The predicted molar refractivity (Wildman–Crippen MR) is 125 cm³/mol. The lowest BCUT2D eigenvalue weighted by Crippen LogP contribution is -2.46. The number of rotatable bonds is 5. The van der Waals surface area contributed by atoms with Gasteiger partial charge in [-0.3, -0.25) is 4.79 Å². The number of carbonyl (C=O) groups is 1. The van der Waals surface area contributed by atoms with Crippen molar-refractivity contribution >= 4 is 17.3 Å². The third-order valence-corrected chi connectivity index (χ3v) is 6.19. The zero-order valence-electron chi connectivity index (χ0n) is 19.4. The van der Waals surface area contributed by atoms with E-state index in [1.807, 2.05) is 19.1 Å². The highest BCUT2D eigenvalue weighted by Crippen LogP contribution is 2.29. The number of hydrogen-bond acceptors (Lipinski definition) is 5. The molecule has 4 rings (SSSR count). The van der Waals surface area contributed by atoms with Gasteiger partial charge in [0.2, 0.25) is 0 Å². The fraction of sp³-hybridized carbons (Fsp3) is 0.375. The molecule has 0 aliphatic carbocycles. The Labute approximate surface area is 196 Å². The molecule has 1 saturated heterocycles. The van der Waals surface area contributed by atoms with Crippen LogP contribution in [0.3, 0.4) is 0 Å². The van der Waals surface area contributed by atoms with Crippen LogP contribution in [0.25, 0.3) is 5.82 Å². The van der Waals surface area contributed by atoms with Crippen molar-refractivity contribution in [1.29, 1.82) is 0 Å². The highest BCUT2D eigenvalue weighted by atomic mass is 19.4. The van der Waals surface area contributed by atoms with Crippen molar-refractivity contribution in [2.24, 2.45) is 0 Å². The number of amides is 1. The van der Waals surface area contributed by atoms with Crippen LogP contribution in [0.15, 0.2) is 42.7 Å². The maximum atomic E-state index is 12.9. The molecule has 1 aromatic carbocycles. The predicted octanol–water partition coefficient (Wildman–Crippen LogP) is 4.30. The molecule has 0 radical (unpaired) electrons.